The Labute approximate surface area is 135 Å². The van der Waals surface area contributed by atoms with Gasteiger partial charge in [-0.2, -0.15) is 0 Å². The number of carbonyl (C=O) groups excluding carboxylic acids is 1. The number of amides is 1. The molecule has 0 radical (unpaired) electrons. The summed E-state index contributed by atoms with van der Waals surface area (Å²) in [7, 11) is 0. The summed E-state index contributed by atoms with van der Waals surface area (Å²) >= 11 is 1.67. The lowest BCUT2D eigenvalue weighted by Gasteiger charge is -2.35. The number of hydrogen-bond donors (Lipinski definition) is 1. The summed E-state index contributed by atoms with van der Waals surface area (Å²) in [5.74, 6) is 0.159. The predicted octanol–water partition coefficient (Wildman–Crippen LogP) is 1.24. The number of morpholine rings is 1. The molecule has 3 rings (SSSR count). The first-order chi connectivity index (χ1) is 10.8. The van der Waals surface area contributed by atoms with Gasteiger partial charge in [-0.3, -0.25) is 9.69 Å². The molecule has 1 N–H and O–H groups in total. The molecule has 0 atom stereocenters. The summed E-state index contributed by atoms with van der Waals surface area (Å²) in [4.78, 5) is 16.4. The Bertz CT molecular complexity index is 466. The normalized spacial score (nSPS) is 22.4. The van der Waals surface area contributed by atoms with E-state index >= 15 is 0 Å². The molecule has 2 fully saturated rings. The molecule has 1 aromatic rings. The zero-order valence-electron chi connectivity index (χ0n) is 12.9. The first kappa shape index (κ1) is 15.9. The highest BCUT2D eigenvalue weighted by Crippen LogP contribution is 2.37. The van der Waals surface area contributed by atoms with E-state index in [9.17, 15) is 4.79 Å². The van der Waals surface area contributed by atoms with Crippen molar-refractivity contribution in [2.45, 2.75) is 18.3 Å². The predicted molar refractivity (Wildman–Crippen MR) is 86.3 cm³/mol. The molecule has 0 bridgehead atoms. The summed E-state index contributed by atoms with van der Waals surface area (Å²) < 4.78 is 10.8. The average Bonchev–Trinajstić information content (AvgIpc) is 3.11. The van der Waals surface area contributed by atoms with E-state index in [-0.39, 0.29) is 5.91 Å². The second-order valence-electron chi connectivity index (χ2n) is 5.88. The minimum absolute atomic E-state index is 0.159. The standard InChI is InChI=1S/C16H24N2O3S/c19-15(17-5-6-18-7-11-21-12-8-18)16(3-9-20-10-4-16)14-2-1-13-22-14/h1-2,13H,3-12H2,(H,17,19). The van der Waals surface area contributed by atoms with E-state index in [0.717, 1.165) is 45.7 Å². The minimum atomic E-state index is -0.391. The third-order valence-corrected chi connectivity index (χ3v) is 5.67. The lowest BCUT2D eigenvalue weighted by molar-refractivity contribution is -0.130. The van der Waals surface area contributed by atoms with Gasteiger partial charge in [-0.05, 0) is 24.3 Å². The molecule has 0 spiro atoms. The molecule has 2 saturated heterocycles. The maximum atomic E-state index is 12.9. The highest BCUT2D eigenvalue weighted by Gasteiger charge is 2.42. The lowest BCUT2D eigenvalue weighted by Crippen LogP contribution is -2.49. The van der Waals surface area contributed by atoms with E-state index in [4.69, 9.17) is 9.47 Å². The summed E-state index contributed by atoms with van der Waals surface area (Å²) in [5, 5.41) is 5.21. The fourth-order valence-electron chi connectivity index (χ4n) is 3.18. The molecular formula is C16H24N2O3S. The van der Waals surface area contributed by atoms with Crippen LogP contribution in [0.2, 0.25) is 0 Å². The molecule has 2 aliphatic rings. The van der Waals surface area contributed by atoms with Crippen molar-refractivity contribution < 1.29 is 14.3 Å². The van der Waals surface area contributed by atoms with E-state index in [2.05, 4.69) is 16.3 Å². The Kier molecular flexibility index (Phi) is 5.46. The second kappa shape index (κ2) is 7.55. The maximum Gasteiger partial charge on any atom is 0.231 e. The molecule has 0 aliphatic carbocycles. The zero-order chi connectivity index (χ0) is 15.3. The van der Waals surface area contributed by atoms with Gasteiger partial charge in [0.15, 0.2) is 0 Å². The number of hydrogen-bond acceptors (Lipinski definition) is 5. The molecule has 2 aliphatic heterocycles. The molecular weight excluding hydrogens is 300 g/mol. The van der Waals surface area contributed by atoms with Crippen LogP contribution in [0.25, 0.3) is 0 Å². The first-order valence-corrected chi connectivity index (χ1v) is 8.89. The number of nitrogens with zero attached hydrogens (tertiary/aromatic N) is 1. The maximum absolute atomic E-state index is 12.9. The van der Waals surface area contributed by atoms with Crippen LogP contribution in [-0.4, -0.2) is 63.4 Å². The highest BCUT2D eigenvalue weighted by atomic mass is 32.1. The topological polar surface area (TPSA) is 50.8 Å². The molecule has 122 valence electrons. The largest absolute Gasteiger partial charge is 0.381 e. The minimum Gasteiger partial charge on any atom is -0.381 e. The van der Waals surface area contributed by atoms with Gasteiger partial charge in [0.2, 0.25) is 5.91 Å². The highest BCUT2D eigenvalue weighted by molar-refractivity contribution is 7.10. The third kappa shape index (κ3) is 3.51. The van der Waals surface area contributed by atoms with Crippen molar-refractivity contribution in [2.75, 3.05) is 52.6 Å². The van der Waals surface area contributed by atoms with E-state index in [1.54, 1.807) is 11.3 Å². The molecule has 3 heterocycles. The van der Waals surface area contributed by atoms with Crippen LogP contribution in [0, 0.1) is 0 Å². The molecule has 5 nitrogen and oxygen atoms in total. The van der Waals surface area contributed by atoms with Crippen molar-refractivity contribution in [1.29, 1.82) is 0 Å². The Morgan fingerprint density at radius 1 is 1.23 bits per heavy atom. The Balaban J connectivity index is 1.58. The summed E-state index contributed by atoms with van der Waals surface area (Å²) in [6.45, 7) is 6.43. The van der Waals surface area contributed by atoms with E-state index in [1.165, 1.54) is 4.88 Å². The SMILES string of the molecule is O=C(NCCN1CCOCC1)C1(c2cccs2)CCOCC1. The van der Waals surface area contributed by atoms with Crippen LogP contribution >= 0.6 is 11.3 Å². The quantitative estimate of drug-likeness (QED) is 0.885. The van der Waals surface area contributed by atoms with Gasteiger partial charge in [0.25, 0.3) is 0 Å². The average molecular weight is 324 g/mol. The number of ether oxygens (including phenoxy) is 2. The van der Waals surface area contributed by atoms with Gasteiger partial charge < -0.3 is 14.8 Å². The van der Waals surface area contributed by atoms with Crippen molar-refractivity contribution >= 4 is 17.2 Å². The van der Waals surface area contributed by atoms with Gasteiger partial charge in [0, 0.05) is 44.3 Å². The van der Waals surface area contributed by atoms with Crippen LogP contribution < -0.4 is 5.32 Å². The molecule has 0 saturated carbocycles. The monoisotopic (exact) mass is 324 g/mol. The second-order valence-corrected chi connectivity index (χ2v) is 6.83. The van der Waals surface area contributed by atoms with Crippen LogP contribution in [0.5, 0.6) is 0 Å². The number of nitrogens with one attached hydrogen (secondary N) is 1. The lowest BCUT2D eigenvalue weighted by atomic mass is 9.78. The number of carbonyl (C=O) groups is 1. The van der Waals surface area contributed by atoms with Crippen LogP contribution in [0.1, 0.15) is 17.7 Å². The van der Waals surface area contributed by atoms with E-state index < -0.39 is 5.41 Å². The molecule has 0 unspecified atom stereocenters. The number of rotatable bonds is 5. The summed E-state index contributed by atoms with van der Waals surface area (Å²) in [6, 6.07) is 4.11. The fraction of sp³-hybridized carbons (Fsp3) is 0.688. The first-order valence-electron chi connectivity index (χ1n) is 8.01. The van der Waals surface area contributed by atoms with Gasteiger partial charge in [0.05, 0.1) is 18.6 Å². The van der Waals surface area contributed by atoms with Crippen LogP contribution in [-0.2, 0) is 19.7 Å². The molecule has 22 heavy (non-hydrogen) atoms. The smallest absolute Gasteiger partial charge is 0.231 e. The molecule has 0 aromatic carbocycles. The summed E-state index contributed by atoms with van der Waals surface area (Å²) in [5.41, 5.74) is -0.391. The van der Waals surface area contributed by atoms with Gasteiger partial charge in [-0.25, -0.2) is 0 Å². The van der Waals surface area contributed by atoms with E-state index in [0.29, 0.717) is 19.8 Å². The van der Waals surface area contributed by atoms with Gasteiger partial charge in [-0.1, -0.05) is 6.07 Å². The van der Waals surface area contributed by atoms with Crippen molar-refractivity contribution in [1.82, 2.24) is 10.2 Å². The van der Waals surface area contributed by atoms with E-state index in [1.807, 2.05) is 11.4 Å². The van der Waals surface area contributed by atoms with Gasteiger partial charge in [0.1, 0.15) is 0 Å². The molecule has 6 heteroatoms. The molecule has 1 aromatic heterocycles. The fourth-order valence-corrected chi connectivity index (χ4v) is 4.16. The van der Waals surface area contributed by atoms with Crippen molar-refractivity contribution in [3.63, 3.8) is 0 Å². The third-order valence-electron chi connectivity index (χ3n) is 4.59. The van der Waals surface area contributed by atoms with Crippen LogP contribution in [0.3, 0.4) is 0 Å². The zero-order valence-corrected chi connectivity index (χ0v) is 13.7. The van der Waals surface area contributed by atoms with Crippen molar-refractivity contribution in [3.05, 3.63) is 22.4 Å². The van der Waals surface area contributed by atoms with Gasteiger partial charge >= 0.3 is 0 Å². The number of thiophene rings is 1. The Hall–Kier alpha value is -0.950. The molecule has 1 amide bonds. The van der Waals surface area contributed by atoms with Crippen molar-refractivity contribution in [3.8, 4) is 0 Å². The van der Waals surface area contributed by atoms with Crippen molar-refractivity contribution in [2.24, 2.45) is 0 Å². The Morgan fingerprint density at radius 3 is 2.64 bits per heavy atom. The Morgan fingerprint density at radius 2 is 1.95 bits per heavy atom. The van der Waals surface area contributed by atoms with Gasteiger partial charge in [-0.15, -0.1) is 11.3 Å². The van der Waals surface area contributed by atoms with Crippen LogP contribution in [0.15, 0.2) is 17.5 Å². The van der Waals surface area contributed by atoms with Crippen LogP contribution in [0.4, 0.5) is 0 Å². The summed E-state index contributed by atoms with van der Waals surface area (Å²) in [6.07, 6.45) is 1.55.